The Morgan fingerprint density at radius 3 is 1.15 bits per heavy atom. The van der Waals surface area contributed by atoms with Crippen molar-refractivity contribution in [3.63, 3.8) is 0 Å². The van der Waals surface area contributed by atoms with Crippen molar-refractivity contribution >= 4 is 45.7 Å². The Morgan fingerprint density at radius 2 is 0.853 bits per heavy atom. The maximum atomic E-state index is 11.1. The zero-order valence-electron chi connectivity index (χ0n) is 17.9. The smallest absolute Gasteiger partial charge is 0.317 e. The first-order valence-corrected chi connectivity index (χ1v) is 10.1. The number of aromatic nitrogens is 2. The zero-order valence-corrected chi connectivity index (χ0v) is 17.9. The van der Waals surface area contributed by atoms with E-state index >= 15 is 0 Å². The van der Waals surface area contributed by atoms with Crippen molar-refractivity contribution in [3.8, 4) is 0 Å². The monoisotopic (exact) mass is 470 g/mol. The van der Waals surface area contributed by atoms with Crippen LogP contribution in [0.25, 0.3) is 21.8 Å². The van der Waals surface area contributed by atoms with Crippen LogP contribution in [0.4, 0.5) is 0 Å². The lowest BCUT2D eigenvalue weighted by Gasteiger charge is -2.18. The molecule has 0 bridgehead atoms. The Labute approximate surface area is 192 Å². The summed E-state index contributed by atoms with van der Waals surface area (Å²) in [7, 11) is 0. The number of pyridine rings is 2. The van der Waals surface area contributed by atoms with Crippen LogP contribution in [0.2, 0.25) is 0 Å². The largest absolute Gasteiger partial charge is 0.480 e. The van der Waals surface area contributed by atoms with Gasteiger partial charge < -0.3 is 20.4 Å². The number of carbonyl (C=O) groups is 4. The molecule has 0 spiro atoms. The number of hydrogen-bond acceptors (Lipinski definition) is 8. The van der Waals surface area contributed by atoms with Gasteiger partial charge >= 0.3 is 23.9 Å². The first kappa shape index (κ1) is 24.5. The number of aliphatic carboxylic acids is 4. The van der Waals surface area contributed by atoms with Crippen LogP contribution in [0.3, 0.4) is 0 Å². The van der Waals surface area contributed by atoms with Gasteiger partial charge in [-0.1, -0.05) is 24.3 Å². The van der Waals surface area contributed by atoms with Crippen LogP contribution in [0.1, 0.15) is 11.4 Å². The molecule has 3 aromatic rings. The first-order valence-electron chi connectivity index (χ1n) is 10.1. The molecule has 4 N–H and O–H groups in total. The van der Waals surface area contributed by atoms with Crippen LogP contribution in [-0.4, -0.2) is 90.3 Å². The number of carboxylic acid groups (broad SMARTS) is 4. The summed E-state index contributed by atoms with van der Waals surface area (Å²) in [5.74, 6) is -4.64. The van der Waals surface area contributed by atoms with E-state index in [1.165, 1.54) is 9.80 Å². The fourth-order valence-corrected chi connectivity index (χ4v) is 3.58. The van der Waals surface area contributed by atoms with E-state index in [1.807, 2.05) is 12.1 Å². The molecule has 178 valence electrons. The molecule has 12 nitrogen and oxygen atoms in total. The Hall–Kier alpha value is -4.16. The number of carboxylic acids is 4. The Kier molecular flexibility index (Phi) is 7.66. The lowest BCUT2D eigenvalue weighted by molar-refractivity contribution is -0.144. The highest BCUT2D eigenvalue weighted by atomic mass is 16.4. The van der Waals surface area contributed by atoms with E-state index in [-0.39, 0.29) is 13.1 Å². The van der Waals surface area contributed by atoms with Crippen molar-refractivity contribution < 1.29 is 39.6 Å². The second kappa shape index (κ2) is 10.6. The van der Waals surface area contributed by atoms with Crippen molar-refractivity contribution in [2.24, 2.45) is 0 Å². The Balaban J connectivity index is 1.97. The van der Waals surface area contributed by atoms with Crippen LogP contribution >= 0.6 is 0 Å². The maximum Gasteiger partial charge on any atom is 0.317 e. The van der Waals surface area contributed by atoms with E-state index in [4.69, 9.17) is 20.4 Å². The molecular formula is C22H22N4O8. The van der Waals surface area contributed by atoms with Crippen LogP contribution in [0.15, 0.2) is 36.4 Å². The van der Waals surface area contributed by atoms with Crippen LogP contribution in [0, 0.1) is 0 Å². The molecule has 2 aromatic heterocycles. The normalized spacial score (nSPS) is 11.4. The van der Waals surface area contributed by atoms with Gasteiger partial charge in [0.15, 0.2) is 0 Å². The summed E-state index contributed by atoms with van der Waals surface area (Å²) in [6.07, 6.45) is 0. The summed E-state index contributed by atoms with van der Waals surface area (Å²) in [6, 6.07) is 10.6. The molecule has 2 heterocycles. The molecule has 3 rings (SSSR count). The average molecular weight is 470 g/mol. The highest BCUT2D eigenvalue weighted by Crippen LogP contribution is 2.24. The molecule has 0 saturated heterocycles. The molecule has 0 atom stereocenters. The van der Waals surface area contributed by atoms with Crippen LogP contribution in [-0.2, 0) is 32.3 Å². The molecule has 0 radical (unpaired) electrons. The lowest BCUT2D eigenvalue weighted by Crippen LogP contribution is -2.34. The van der Waals surface area contributed by atoms with Gasteiger partial charge in [-0.05, 0) is 12.1 Å². The SMILES string of the molecule is O=C(O)CN(CC(=O)O)Cc1ccc2ccc3ccc(CN(CC(=O)O)CC(=O)O)nc3c2n1. The maximum absolute atomic E-state index is 11.1. The van der Waals surface area contributed by atoms with E-state index in [0.29, 0.717) is 22.4 Å². The summed E-state index contributed by atoms with van der Waals surface area (Å²) >= 11 is 0. The van der Waals surface area contributed by atoms with Gasteiger partial charge in [-0.3, -0.25) is 29.0 Å². The van der Waals surface area contributed by atoms with Gasteiger partial charge in [-0.2, -0.15) is 0 Å². The summed E-state index contributed by atoms with van der Waals surface area (Å²) in [6.45, 7) is -1.87. The van der Waals surface area contributed by atoms with E-state index < -0.39 is 50.1 Å². The van der Waals surface area contributed by atoms with Gasteiger partial charge in [0.25, 0.3) is 0 Å². The predicted molar refractivity (Wildman–Crippen MR) is 118 cm³/mol. The first-order chi connectivity index (χ1) is 16.1. The number of rotatable bonds is 12. The third-order valence-corrected chi connectivity index (χ3v) is 4.84. The van der Waals surface area contributed by atoms with Crippen LogP contribution < -0.4 is 0 Å². The molecule has 0 unspecified atom stereocenters. The fourth-order valence-electron chi connectivity index (χ4n) is 3.58. The molecule has 0 aliphatic rings. The number of benzene rings is 1. The summed E-state index contributed by atoms with van der Waals surface area (Å²) < 4.78 is 0. The fraction of sp³-hybridized carbons (Fsp3) is 0.273. The molecule has 12 heteroatoms. The quantitative estimate of drug-likeness (QED) is 0.273. The van der Waals surface area contributed by atoms with Gasteiger partial charge in [0.05, 0.1) is 48.6 Å². The summed E-state index contributed by atoms with van der Waals surface area (Å²) in [5, 5.41) is 37.7. The topological polar surface area (TPSA) is 181 Å². The van der Waals surface area contributed by atoms with Crippen LogP contribution in [0.5, 0.6) is 0 Å². The number of nitrogens with zero attached hydrogens (tertiary/aromatic N) is 4. The van der Waals surface area contributed by atoms with Gasteiger partial charge in [0.2, 0.25) is 0 Å². The van der Waals surface area contributed by atoms with E-state index in [0.717, 1.165) is 10.8 Å². The molecular weight excluding hydrogens is 448 g/mol. The average Bonchev–Trinajstić information content (AvgIpc) is 2.71. The number of fused-ring (bicyclic) bond motifs is 3. The number of hydrogen-bond donors (Lipinski definition) is 4. The molecule has 0 saturated carbocycles. The van der Waals surface area contributed by atoms with E-state index in [1.54, 1.807) is 24.3 Å². The summed E-state index contributed by atoms with van der Waals surface area (Å²) in [4.78, 5) is 56.0. The Morgan fingerprint density at radius 1 is 0.559 bits per heavy atom. The third-order valence-electron chi connectivity index (χ3n) is 4.84. The van der Waals surface area contributed by atoms with Crippen molar-refractivity contribution in [1.82, 2.24) is 19.8 Å². The second-order valence-electron chi connectivity index (χ2n) is 7.68. The van der Waals surface area contributed by atoms with E-state index in [2.05, 4.69) is 9.97 Å². The second-order valence-corrected chi connectivity index (χ2v) is 7.68. The Bertz CT molecular complexity index is 1130. The van der Waals surface area contributed by atoms with Crippen molar-refractivity contribution in [2.45, 2.75) is 13.1 Å². The van der Waals surface area contributed by atoms with Gasteiger partial charge in [0, 0.05) is 23.9 Å². The standard InChI is InChI=1S/C22H22N4O8/c27-17(28)9-25(10-18(29)30)7-15-5-3-13-1-2-14-4-6-16(24-22(14)21(13)23-15)8-26(11-19(31)32)12-20(33)34/h1-6H,7-12H2,(H,27,28)(H,29,30)(H,31,32)(H,33,34). The minimum absolute atomic E-state index is 0.00435. The molecule has 0 amide bonds. The molecule has 0 aliphatic carbocycles. The minimum Gasteiger partial charge on any atom is -0.480 e. The van der Waals surface area contributed by atoms with Gasteiger partial charge in [-0.25, -0.2) is 9.97 Å². The highest BCUT2D eigenvalue weighted by molar-refractivity contribution is 6.02. The third kappa shape index (κ3) is 6.67. The summed E-state index contributed by atoms with van der Waals surface area (Å²) in [5.41, 5.74) is 1.91. The van der Waals surface area contributed by atoms with Crippen molar-refractivity contribution in [1.29, 1.82) is 0 Å². The molecule has 1 aromatic carbocycles. The van der Waals surface area contributed by atoms with Gasteiger partial charge in [-0.15, -0.1) is 0 Å². The predicted octanol–water partition coefficient (Wildman–Crippen LogP) is 0.725. The lowest BCUT2D eigenvalue weighted by atomic mass is 10.1. The zero-order chi connectivity index (χ0) is 24.8. The molecule has 34 heavy (non-hydrogen) atoms. The van der Waals surface area contributed by atoms with Gasteiger partial charge in [0.1, 0.15) is 0 Å². The van der Waals surface area contributed by atoms with Crippen molar-refractivity contribution in [3.05, 3.63) is 47.8 Å². The minimum atomic E-state index is -1.16. The van der Waals surface area contributed by atoms with E-state index in [9.17, 15) is 19.2 Å². The highest BCUT2D eigenvalue weighted by Gasteiger charge is 2.17. The molecule has 0 aliphatic heterocycles. The van der Waals surface area contributed by atoms with Crippen molar-refractivity contribution in [2.75, 3.05) is 26.2 Å². The molecule has 0 fully saturated rings.